The Hall–Kier alpha value is -1.35. The maximum Gasteiger partial charge on any atom is 0.181 e. The predicted molar refractivity (Wildman–Crippen MR) is 69.8 cm³/mol. The van der Waals surface area contributed by atoms with Crippen molar-refractivity contribution in [3.05, 3.63) is 46.5 Å². The Kier molecular flexibility index (Phi) is 2.97. The minimum absolute atomic E-state index is 0.565. The zero-order chi connectivity index (χ0) is 11.7. The van der Waals surface area contributed by atoms with E-state index in [2.05, 4.69) is 43.1 Å². The summed E-state index contributed by atoms with van der Waals surface area (Å²) in [5, 5.41) is 0. The molecule has 0 radical (unpaired) electrons. The molecule has 0 aliphatic carbocycles. The van der Waals surface area contributed by atoms with Crippen LogP contribution in [-0.2, 0) is 0 Å². The molecule has 0 saturated carbocycles. The first-order chi connectivity index (χ1) is 7.58. The van der Waals surface area contributed by atoms with Gasteiger partial charge in [0.15, 0.2) is 4.77 Å². The van der Waals surface area contributed by atoms with Crippen LogP contribution in [0.3, 0.4) is 0 Å². The van der Waals surface area contributed by atoms with E-state index in [-0.39, 0.29) is 0 Å². The first-order valence-corrected chi connectivity index (χ1v) is 5.87. The van der Waals surface area contributed by atoms with Crippen LogP contribution < -0.4 is 0 Å². The van der Waals surface area contributed by atoms with Gasteiger partial charge in [-0.3, -0.25) is 4.57 Å². The average Bonchev–Trinajstić information content (AvgIpc) is 2.58. The highest BCUT2D eigenvalue weighted by Gasteiger charge is 2.02. The second kappa shape index (κ2) is 4.26. The van der Waals surface area contributed by atoms with E-state index in [1.807, 2.05) is 17.7 Å². The maximum absolute atomic E-state index is 5.25. The minimum Gasteiger partial charge on any atom is -0.335 e. The molecule has 16 heavy (non-hydrogen) atoms. The Morgan fingerprint density at radius 1 is 1.19 bits per heavy atom. The van der Waals surface area contributed by atoms with Crippen LogP contribution in [0.15, 0.2) is 30.5 Å². The maximum atomic E-state index is 5.25. The fourth-order valence-corrected chi connectivity index (χ4v) is 2.04. The molecular formula is C13H16N2S. The quantitative estimate of drug-likeness (QED) is 0.777. The number of aromatic nitrogens is 2. The van der Waals surface area contributed by atoms with Gasteiger partial charge in [-0.05, 0) is 42.8 Å². The molecule has 2 aromatic rings. The Bertz CT molecular complexity index is 532. The van der Waals surface area contributed by atoms with Crippen LogP contribution in [0.25, 0.3) is 5.69 Å². The standard InChI is InChI=1S/C13H16N2S/c1-9(2)11-4-6-12(7-5-11)15-8-10(3)14-13(15)16/h4-9H,1-3H3,(H,14,16). The summed E-state index contributed by atoms with van der Waals surface area (Å²) in [7, 11) is 0. The van der Waals surface area contributed by atoms with Gasteiger partial charge in [0.1, 0.15) is 0 Å². The molecule has 1 heterocycles. The van der Waals surface area contributed by atoms with Gasteiger partial charge in [0.05, 0.1) is 0 Å². The highest BCUT2D eigenvalue weighted by Crippen LogP contribution is 2.17. The van der Waals surface area contributed by atoms with Gasteiger partial charge in [-0.2, -0.15) is 0 Å². The van der Waals surface area contributed by atoms with Crippen molar-refractivity contribution in [2.75, 3.05) is 0 Å². The zero-order valence-electron chi connectivity index (χ0n) is 9.82. The topological polar surface area (TPSA) is 20.7 Å². The van der Waals surface area contributed by atoms with E-state index < -0.39 is 0 Å². The Morgan fingerprint density at radius 2 is 1.81 bits per heavy atom. The van der Waals surface area contributed by atoms with Crippen molar-refractivity contribution in [1.82, 2.24) is 9.55 Å². The predicted octanol–water partition coefficient (Wildman–Crippen LogP) is 3.97. The summed E-state index contributed by atoms with van der Waals surface area (Å²) in [6, 6.07) is 8.53. The number of hydrogen-bond acceptors (Lipinski definition) is 1. The minimum atomic E-state index is 0.565. The lowest BCUT2D eigenvalue weighted by molar-refractivity contribution is 0.865. The Labute approximate surface area is 101 Å². The second-order valence-corrected chi connectivity index (χ2v) is 4.75. The molecule has 0 saturated heterocycles. The molecule has 0 fully saturated rings. The van der Waals surface area contributed by atoms with Crippen LogP contribution in [-0.4, -0.2) is 9.55 Å². The van der Waals surface area contributed by atoms with E-state index in [0.717, 1.165) is 16.2 Å². The number of rotatable bonds is 2. The molecule has 1 aromatic carbocycles. The van der Waals surface area contributed by atoms with Crippen molar-refractivity contribution in [1.29, 1.82) is 0 Å². The number of nitrogens with zero attached hydrogens (tertiary/aromatic N) is 1. The van der Waals surface area contributed by atoms with Gasteiger partial charge in [-0.15, -0.1) is 0 Å². The van der Waals surface area contributed by atoms with Crippen molar-refractivity contribution in [3.8, 4) is 5.69 Å². The van der Waals surface area contributed by atoms with E-state index in [9.17, 15) is 0 Å². The Morgan fingerprint density at radius 3 is 2.25 bits per heavy atom. The summed E-state index contributed by atoms with van der Waals surface area (Å²) >= 11 is 5.25. The third-order valence-electron chi connectivity index (χ3n) is 2.68. The molecule has 0 aliphatic rings. The third kappa shape index (κ3) is 2.09. The highest BCUT2D eigenvalue weighted by molar-refractivity contribution is 7.71. The van der Waals surface area contributed by atoms with Crippen molar-refractivity contribution < 1.29 is 0 Å². The van der Waals surface area contributed by atoms with E-state index in [4.69, 9.17) is 12.2 Å². The molecular weight excluding hydrogens is 216 g/mol. The lowest BCUT2D eigenvalue weighted by Crippen LogP contribution is -1.93. The van der Waals surface area contributed by atoms with Crippen LogP contribution in [0.2, 0.25) is 0 Å². The number of H-pyrrole nitrogens is 1. The fraction of sp³-hybridized carbons (Fsp3) is 0.308. The molecule has 84 valence electrons. The van der Waals surface area contributed by atoms with E-state index >= 15 is 0 Å². The number of aromatic amines is 1. The lowest BCUT2D eigenvalue weighted by atomic mass is 10.0. The number of imidazole rings is 1. The fourth-order valence-electron chi connectivity index (χ4n) is 1.73. The zero-order valence-corrected chi connectivity index (χ0v) is 10.6. The van der Waals surface area contributed by atoms with Gasteiger partial charge in [-0.1, -0.05) is 26.0 Å². The second-order valence-electron chi connectivity index (χ2n) is 4.36. The largest absolute Gasteiger partial charge is 0.335 e. The van der Waals surface area contributed by atoms with E-state index in [0.29, 0.717) is 5.92 Å². The van der Waals surface area contributed by atoms with E-state index in [1.165, 1.54) is 5.56 Å². The average molecular weight is 232 g/mol. The molecule has 2 nitrogen and oxygen atoms in total. The summed E-state index contributed by atoms with van der Waals surface area (Å²) in [6.45, 7) is 6.40. The molecule has 1 N–H and O–H groups in total. The van der Waals surface area contributed by atoms with Gasteiger partial charge in [0, 0.05) is 17.6 Å². The molecule has 3 heteroatoms. The van der Waals surface area contributed by atoms with Crippen LogP contribution in [0.1, 0.15) is 31.0 Å². The number of nitrogens with one attached hydrogen (secondary N) is 1. The van der Waals surface area contributed by atoms with E-state index in [1.54, 1.807) is 0 Å². The molecule has 0 unspecified atom stereocenters. The summed E-state index contributed by atoms with van der Waals surface area (Å²) in [5.74, 6) is 0.565. The van der Waals surface area contributed by atoms with Gasteiger partial charge in [-0.25, -0.2) is 0 Å². The molecule has 0 spiro atoms. The SMILES string of the molecule is Cc1cn(-c2ccc(C(C)C)cc2)c(=S)[nH]1. The van der Waals surface area contributed by atoms with Crippen molar-refractivity contribution >= 4 is 12.2 Å². The molecule has 2 rings (SSSR count). The molecule has 0 atom stereocenters. The molecule has 0 amide bonds. The Balaban J connectivity index is 2.42. The van der Waals surface area contributed by atoms with Gasteiger partial charge in [0.25, 0.3) is 0 Å². The molecule has 0 aliphatic heterocycles. The summed E-state index contributed by atoms with van der Waals surface area (Å²) in [4.78, 5) is 3.12. The van der Waals surface area contributed by atoms with Gasteiger partial charge >= 0.3 is 0 Å². The number of aryl methyl sites for hydroxylation is 1. The van der Waals surface area contributed by atoms with Crippen LogP contribution >= 0.6 is 12.2 Å². The highest BCUT2D eigenvalue weighted by atomic mass is 32.1. The number of hydrogen-bond donors (Lipinski definition) is 1. The first kappa shape index (κ1) is 11.1. The van der Waals surface area contributed by atoms with Crippen LogP contribution in [0.4, 0.5) is 0 Å². The summed E-state index contributed by atoms with van der Waals surface area (Å²) in [6.07, 6.45) is 2.02. The van der Waals surface area contributed by atoms with Crippen molar-refractivity contribution in [2.24, 2.45) is 0 Å². The van der Waals surface area contributed by atoms with Gasteiger partial charge < -0.3 is 4.98 Å². The van der Waals surface area contributed by atoms with Crippen LogP contribution in [0.5, 0.6) is 0 Å². The lowest BCUT2D eigenvalue weighted by Gasteiger charge is -2.07. The molecule has 1 aromatic heterocycles. The number of benzene rings is 1. The summed E-state index contributed by atoms with van der Waals surface area (Å²) < 4.78 is 2.74. The smallest absolute Gasteiger partial charge is 0.181 e. The summed E-state index contributed by atoms with van der Waals surface area (Å²) in [5.41, 5.74) is 3.54. The third-order valence-corrected chi connectivity index (χ3v) is 2.98. The molecule has 0 bridgehead atoms. The monoisotopic (exact) mass is 232 g/mol. The van der Waals surface area contributed by atoms with Gasteiger partial charge in [0.2, 0.25) is 0 Å². The van der Waals surface area contributed by atoms with Crippen molar-refractivity contribution in [3.63, 3.8) is 0 Å². The van der Waals surface area contributed by atoms with Crippen LogP contribution in [0, 0.1) is 11.7 Å². The van der Waals surface area contributed by atoms with Crippen molar-refractivity contribution in [2.45, 2.75) is 26.7 Å². The normalized spacial score (nSPS) is 11.0. The first-order valence-electron chi connectivity index (χ1n) is 5.46.